The molecule has 1 aromatic carbocycles. The highest BCUT2D eigenvalue weighted by Crippen LogP contribution is 2.06. The van der Waals surface area contributed by atoms with Crippen molar-refractivity contribution in [1.29, 1.82) is 0 Å². The summed E-state index contributed by atoms with van der Waals surface area (Å²) in [6.07, 6.45) is 0. The quantitative estimate of drug-likeness (QED) is 0.815. The third-order valence-electron chi connectivity index (χ3n) is 2.10. The summed E-state index contributed by atoms with van der Waals surface area (Å²) in [5.41, 5.74) is 1.98. The molecule has 94 valence electrons. The summed E-state index contributed by atoms with van der Waals surface area (Å²) < 4.78 is 5.20. The second-order valence-electron chi connectivity index (χ2n) is 5.18. The van der Waals surface area contributed by atoms with Crippen molar-refractivity contribution in [1.82, 2.24) is 5.32 Å². The number of hydrogen-bond donors (Lipinski definition) is 1. The predicted octanol–water partition coefficient (Wildman–Crippen LogP) is 2.43. The lowest BCUT2D eigenvalue weighted by Gasteiger charge is -2.19. The number of hydrogen-bond acceptors (Lipinski definition) is 3. The van der Waals surface area contributed by atoms with Crippen molar-refractivity contribution >= 4 is 5.97 Å². The lowest BCUT2D eigenvalue weighted by molar-refractivity contribution is -0.153. The first kappa shape index (κ1) is 13.7. The van der Waals surface area contributed by atoms with Gasteiger partial charge in [-0.25, -0.2) is 0 Å². The lowest BCUT2D eigenvalue weighted by Crippen LogP contribution is -2.31. The van der Waals surface area contributed by atoms with Crippen LogP contribution in [0.5, 0.6) is 0 Å². The number of aryl methyl sites for hydroxylation is 1. The van der Waals surface area contributed by atoms with Crippen LogP contribution in [0.25, 0.3) is 0 Å². The van der Waals surface area contributed by atoms with E-state index in [2.05, 4.69) is 24.4 Å². The van der Waals surface area contributed by atoms with Gasteiger partial charge in [-0.2, -0.15) is 0 Å². The van der Waals surface area contributed by atoms with Crippen LogP contribution >= 0.6 is 0 Å². The van der Waals surface area contributed by atoms with Crippen molar-refractivity contribution < 1.29 is 9.53 Å². The fourth-order valence-electron chi connectivity index (χ4n) is 1.51. The first-order valence-electron chi connectivity index (χ1n) is 5.85. The van der Waals surface area contributed by atoms with E-state index in [0.29, 0.717) is 6.54 Å². The van der Waals surface area contributed by atoms with E-state index >= 15 is 0 Å². The number of ether oxygens (including phenoxy) is 1. The Balaban J connectivity index is 2.31. The summed E-state index contributed by atoms with van der Waals surface area (Å²) in [5, 5.41) is 3.08. The molecule has 0 aliphatic rings. The number of carbonyl (C=O) groups is 1. The number of benzene rings is 1. The predicted molar refractivity (Wildman–Crippen MR) is 68.7 cm³/mol. The molecule has 1 aromatic rings. The Labute approximate surface area is 103 Å². The standard InChI is InChI=1S/C14H21NO2/c1-11-6-5-7-12(8-11)9-15-10-13(16)17-14(2,3)4/h5-8,15H,9-10H2,1-4H3. The largest absolute Gasteiger partial charge is 0.459 e. The second kappa shape index (κ2) is 5.82. The third-order valence-corrected chi connectivity index (χ3v) is 2.10. The Morgan fingerprint density at radius 3 is 2.65 bits per heavy atom. The fourth-order valence-corrected chi connectivity index (χ4v) is 1.51. The molecule has 0 unspecified atom stereocenters. The van der Waals surface area contributed by atoms with Gasteiger partial charge in [-0.3, -0.25) is 4.79 Å². The molecule has 0 saturated carbocycles. The molecule has 0 spiro atoms. The van der Waals surface area contributed by atoms with Gasteiger partial charge in [0, 0.05) is 6.54 Å². The normalized spacial score (nSPS) is 11.3. The van der Waals surface area contributed by atoms with Gasteiger partial charge in [0.25, 0.3) is 0 Å². The summed E-state index contributed by atoms with van der Waals surface area (Å²) in [5.74, 6) is -0.217. The minimum Gasteiger partial charge on any atom is -0.459 e. The number of esters is 1. The molecule has 0 aliphatic carbocycles. The molecule has 1 rings (SSSR count). The third kappa shape index (κ3) is 6.07. The average molecular weight is 235 g/mol. The maximum atomic E-state index is 11.4. The molecule has 0 saturated heterocycles. The van der Waals surface area contributed by atoms with Crippen molar-refractivity contribution in [2.24, 2.45) is 0 Å². The van der Waals surface area contributed by atoms with E-state index in [1.807, 2.05) is 32.9 Å². The van der Waals surface area contributed by atoms with Crippen LogP contribution in [0.4, 0.5) is 0 Å². The molecular formula is C14H21NO2. The maximum Gasteiger partial charge on any atom is 0.320 e. The number of rotatable bonds is 4. The van der Waals surface area contributed by atoms with Gasteiger partial charge in [0.05, 0.1) is 6.54 Å². The molecule has 0 radical (unpaired) electrons. The molecular weight excluding hydrogens is 214 g/mol. The Hall–Kier alpha value is -1.35. The van der Waals surface area contributed by atoms with Gasteiger partial charge in [0.2, 0.25) is 0 Å². The molecule has 17 heavy (non-hydrogen) atoms. The highest BCUT2D eigenvalue weighted by molar-refractivity contribution is 5.72. The van der Waals surface area contributed by atoms with Crippen molar-refractivity contribution in [3.05, 3.63) is 35.4 Å². The highest BCUT2D eigenvalue weighted by Gasteiger charge is 2.15. The smallest absolute Gasteiger partial charge is 0.320 e. The van der Waals surface area contributed by atoms with E-state index in [1.165, 1.54) is 11.1 Å². The molecule has 0 amide bonds. The Kier molecular flexibility index (Phi) is 4.70. The van der Waals surface area contributed by atoms with E-state index in [0.717, 1.165) is 0 Å². The van der Waals surface area contributed by atoms with Crippen LogP contribution in [0.15, 0.2) is 24.3 Å². The number of nitrogens with one attached hydrogen (secondary N) is 1. The van der Waals surface area contributed by atoms with E-state index in [4.69, 9.17) is 4.74 Å². The minimum absolute atomic E-state index is 0.217. The van der Waals surface area contributed by atoms with E-state index < -0.39 is 5.60 Å². The van der Waals surface area contributed by atoms with Crippen LogP contribution < -0.4 is 5.32 Å². The van der Waals surface area contributed by atoms with Crippen molar-refractivity contribution in [2.75, 3.05) is 6.54 Å². The van der Waals surface area contributed by atoms with Crippen molar-refractivity contribution in [3.8, 4) is 0 Å². The van der Waals surface area contributed by atoms with Gasteiger partial charge in [-0.05, 0) is 33.3 Å². The summed E-state index contributed by atoms with van der Waals surface area (Å²) >= 11 is 0. The van der Waals surface area contributed by atoms with Crippen molar-refractivity contribution in [3.63, 3.8) is 0 Å². The van der Waals surface area contributed by atoms with Crippen LogP contribution in [0.3, 0.4) is 0 Å². The SMILES string of the molecule is Cc1cccc(CNCC(=O)OC(C)(C)C)c1. The van der Waals surface area contributed by atoms with Crippen molar-refractivity contribution in [2.45, 2.75) is 39.8 Å². The Morgan fingerprint density at radius 2 is 2.06 bits per heavy atom. The lowest BCUT2D eigenvalue weighted by atomic mass is 10.1. The van der Waals surface area contributed by atoms with Gasteiger partial charge in [0.15, 0.2) is 0 Å². The summed E-state index contributed by atoms with van der Waals surface area (Å²) in [7, 11) is 0. The average Bonchev–Trinajstić information content (AvgIpc) is 2.14. The summed E-state index contributed by atoms with van der Waals surface area (Å²) in [6.45, 7) is 8.58. The second-order valence-corrected chi connectivity index (χ2v) is 5.18. The van der Waals surface area contributed by atoms with Crippen LogP contribution in [0, 0.1) is 6.92 Å². The van der Waals surface area contributed by atoms with Gasteiger partial charge >= 0.3 is 5.97 Å². The van der Waals surface area contributed by atoms with Gasteiger partial charge in [-0.1, -0.05) is 29.8 Å². The topological polar surface area (TPSA) is 38.3 Å². The molecule has 0 fully saturated rings. The zero-order valence-corrected chi connectivity index (χ0v) is 11.0. The van der Waals surface area contributed by atoms with E-state index in [-0.39, 0.29) is 12.5 Å². The van der Waals surface area contributed by atoms with Crippen LogP contribution in [-0.2, 0) is 16.1 Å². The molecule has 0 bridgehead atoms. The minimum atomic E-state index is -0.415. The zero-order chi connectivity index (χ0) is 12.9. The molecule has 0 aliphatic heterocycles. The molecule has 3 nitrogen and oxygen atoms in total. The molecule has 3 heteroatoms. The van der Waals surface area contributed by atoms with E-state index in [1.54, 1.807) is 0 Å². The monoisotopic (exact) mass is 235 g/mol. The Morgan fingerprint density at radius 1 is 1.35 bits per heavy atom. The van der Waals surface area contributed by atoms with Crippen LogP contribution in [0.2, 0.25) is 0 Å². The first-order chi connectivity index (χ1) is 7.87. The summed E-state index contributed by atoms with van der Waals surface area (Å²) in [4.78, 5) is 11.4. The molecule has 0 aromatic heterocycles. The Bertz CT molecular complexity index is 380. The fraction of sp³-hybridized carbons (Fsp3) is 0.500. The highest BCUT2D eigenvalue weighted by atomic mass is 16.6. The molecule has 0 heterocycles. The van der Waals surface area contributed by atoms with Gasteiger partial charge < -0.3 is 10.1 Å². The van der Waals surface area contributed by atoms with Gasteiger partial charge in [-0.15, -0.1) is 0 Å². The summed E-state index contributed by atoms with van der Waals surface area (Å²) in [6, 6.07) is 8.20. The number of carbonyl (C=O) groups excluding carboxylic acids is 1. The zero-order valence-electron chi connectivity index (χ0n) is 11.0. The molecule has 0 atom stereocenters. The van der Waals surface area contributed by atoms with E-state index in [9.17, 15) is 4.79 Å². The molecule has 1 N–H and O–H groups in total. The van der Waals surface area contributed by atoms with Crippen LogP contribution in [0.1, 0.15) is 31.9 Å². The van der Waals surface area contributed by atoms with Crippen LogP contribution in [-0.4, -0.2) is 18.1 Å². The maximum absolute atomic E-state index is 11.4. The first-order valence-corrected chi connectivity index (χ1v) is 5.85. The van der Waals surface area contributed by atoms with Gasteiger partial charge in [0.1, 0.15) is 5.60 Å².